The van der Waals surface area contributed by atoms with E-state index in [0.717, 1.165) is 46.2 Å². The van der Waals surface area contributed by atoms with E-state index in [2.05, 4.69) is 10.1 Å². The third kappa shape index (κ3) is 2.73. The fraction of sp³-hybridized carbons (Fsp3) is 0.350. The fourth-order valence-electron chi connectivity index (χ4n) is 3.85. The second kappa shape index (κ2) is 6.49. The maximum absolute atomic E-state index is 5.40. The van der Waals surface area contributed by atoms with Crippen LogP contribution >= 0.6 is 11.3 Å². The van der Waals surface area contributed by atoms with Crippen molar-refractivity contribution in [2.45, 2.75) is 32.1 Å². The molecule has 0 saturated heterocycles. The summed E-state index contributed by atoms with van der Waals surface area (Å²) in [6.07, 6.45) is 7.21. The lowest BCUT2D eigenvalue weighted by atomic mass is 9.97. The zero-order valence-corrected chi connectivity index (χ0v) is 16.2. The van der Waals surface area contributed by atoms with Crippen molar-refractivity contribution in [3.05, 3.63) is 46.4 Å². The first-order valence-electron chi connectivity index (χ1n) is 9.12. The highest BCUT2D eigenvalue weighted by atomic mass is 32.1. The molecule has 138 valence electrons. The lowest BCUT2D eigenvalue weighted by Crippen LogP contribution is -1.99. The zero-order chi connectivity index (χ0) is 18.4. The average Bonchev–Trinajstić information content (AvgIpc) is 3.27. The molecule has 0 spiro atoms. The number of ether oxygens (including phenoxy) is 2. The number of hydrogen-bond donors (Lipinski definition) is 0. The van der Waals surface area contributed by atoms with E-state index >= 15 is 0 Å². The van der Waals surface area contributed by atoms with Crippen LogP contribution in [0, 0.1) is 0 Å². The normalized spacial score (nSPS) is 13.9. The third-order valence-corrected chi connectivity index (χ3v) is 6.35. The molecule has 1 aliphatic carbocycles. The summed E-state index contributed by atoms with van der Waals surface area (Å²) in [4.78, 5) is 12.0. The molecule has 27 heavy (non-hydrogen) atoms. The van der Waals surface area contributed by atoms with Crippen molar-refractivity contribution in [2.24, 2.45) is 0 Å². The van der Waals surface area contributed by atoms with Crippen molar-refractivity contribution < 1.29 is 9.47 Å². The molecule has 1 aromatic carbocycles. The highest BCUT2D eigenvalue weighted by Crippen LogP contribution is 2.37. The number of aromatic nitrogens is 4. The summed E-state index contributed by atoms with van der Waals surface area (Å²) in [6.45, 7) is 0. The SMILES string of the molecule is COc1ccc(Cc2nc3c4c5c(sc4ncn3n2)CCCC5)cc1OC. The molecule has 5 rings (SSSR count). The van der Waals surface area contributed by atoms with Gasteiger partial charge in [0, 0.05) is 11.3 Å². The predicted molar refractivity (Wildman–Crippen MR) is 105 cm³/mol. The maximum Gasteiger partial charge on any atom is 0.167 e. The highest BCUT2D eigenvalue weighted by molar-refractivity contribution is 7.19. The van der Waals surface area contributed by atoms with E-state index in [9.17, 15) is 0 Å². The highest BCUT2D eigenvalue weighted by Gasteiger charge is 2.20. The van der Waals surface area contributed by atoms with Crippen LogP contribution in [0.25, 0.3) is 15.9 Å². The van der Waals surface area contributed by atoms with Gasteiger partial charge in [-0.2, -0.15) is 0 Å². The Hall–Kier alpha value is -2.67. The number of fused-ring (bicyclic) bond motifs is 5. The summed E-state index contributed by atoms with van der Waals surface area (Å²) in [5.74, 6) is 2.22. The molecule has 0 atom stereocenters. The average molecular weight is 380 g/mol. The quantitative estimate of drug-likeness (QED) is 0.538. The van der Waals surface area contributed by atoms with Crippen molar-refractivity contribution >= 4 is 27.2 Å². The zero-order valence-electron chi connectivity index (χ0n) is 15.4. The number of rotatable bonds is 4. The van der Waals surface area contributed by atoms with Crippen molar-refractivity contribution in [1.82, 2.24) is 19.6 Å². The molecule has 1 aliphatic rings. The minimum atomic E-state index is 0.635. The summed E-state index contributed by atoms with van der Waals surface area (Å²) in [5.41, 5.74) is 3.44. The lowest BCUT2D eigenvalue weighted by Gasteiger charge is -2.09. The summed E-state index contributed by atoms with van der Waals surface area (Å²) < 4.78 is 12.5. The van der Waals surface area contributed by atoms with Crippen LogP contribution in [-0.2, 0) is 19.3 Å². The van der Waals surface area contributed by atoms with Crippen molar-refractivity contribution in [2.75, 3.05) is 14.2 Å². The third-order valence-electron chi connectivity index (χ3n) is 5.15. The molecule has 0 unspecified atom stereocenters. The van der Waals surface area contributed by atoms with E-state index in [1.807, 2.05) is 34.1 Å². The molecule has 0 radical (unpaired) electrons. The second-order valence-electron chi connectivity index (χ2n) is 6.80. The summed E-state index contributed by atoms with van der Waals surface area (Å²) in [7, 11) is 3.29. The second-order valence-corrected chi connectivity index (χ2v) is 7.88. The van der Waals surface area contributed by atoms with Crippen LogP contribution in [0.4, 0.5) is 0 Å². The van der Waals surface area contributed by atoms with Crippen LogP contribution in [0.2, 0.25) is 0 Å². The molecule has 0 bridgehead atoms. The van der Waals surface area contributed by atoms with E-state index in [4.69, 9.17) is 14.5 Å². The topological polar surface area (TPSA) is 61.5 Å². The summed E-state index contributed by atoms with van der Waals surface area (Å²) in [6, 6.07) is 5.91. The molecule has 7 heteroatoms. The van der Waals surface area contributed by atoms with Crippen molar-refractivity contribution in [3.63, 3.8) is 0 Å². The van der Waals surface area contributed by atoms with E-state index in [1.54, 1.807) is 20.5 Å². The van der Waals surface area contributed by atoms with Crippen LogP contribution in [0.15, 0.2) is 24.5 Å². The Labute approximate surface area is 160 Å². The molecule has 4 aromatic rings. The smallest absolute Gasteiger partial charge is 0.167 e. The Morgan fingerprint density at radius 3 is 2.81 bits per heavy atom. The van der Waals surface area contributed by atoms with Gasteiger partial charge >= 0.3 is 0 Å². The maximum atomic E-state index is 5.40. The van der Waals surface area contributed by atoms with Gasteiger partial charge in [-0.1, -0.05) is 6.07 Å². The first-order chi connectivity index (χ1) is 13.3. The first kappa shape index (κ1) is 16.5. The molecule has 6 nitrogen and oxygen atoms in total. The number of aryl methyl sites for hydroxylation is 2. The monoisotopic (exact) mass is 380 g/mol. The Bertz CT molecular complexity index is 1150. The van der Waals surface area contributed by atoms with Gasteiger partial charge in [0.1, 0.15) is 11.2 Å². The standard InChI is InChI=1S/C20H20N4O2S/c1-25-14-8-7-12(9-15(14)26-2)10-17-22-19-18-13-5-3-4-6-16(13)27-20(18)21-11-24(19)23-17/h7-9,11H,3-6,10H2,1-2H3. The van der Waals surface area contributed by atoms with Gasteiger partial charge in [0.2, 0.25) is 0 Å². The number of nitrogens with zero attached hydrogens (tertiary/aromatic N) is 4. The molecule has 3 aromatic heterocycles. The molecular weight excluding hydrogens is 360 g/mol. The van der Waals surface area contributed by atoms with Gasteiger partial charge in [-0.05, 0) is 48.9 Å². The molecule has 0 amide bonds. The van der Waals surface area contributed by atoms with Gasteiger partial charge in [0.25, 0.3) is 0 Å². The van der Waals surface area contributed by atoms with Gasteiger partial charge in [-0.3, -0.25) is 0 Å². The number of methoxy groups -OCH3 is 2. The van der Waals surface area contributed by atoms with Gasteiger partial charge < -0.3 is 9.47 Å². The summed E-state index contributed by atoms with van der Waals surface area (Å²) >= 11 is 1.81. The molecule has 0 N–H and O–H groups in total. The van der Waals surface area contributed by atoms with Crippen LogP contribution in [0.1, 0.15) is 34.7 Å². The van der Waals surface area contributed by atoms with E-state index in [0.29, 0.717) is 6.42 Å². The Kier molecular flexibility index (Phi) is 3.97. The Morgan fingerprint density at radius 1 is 1.11 bits per heavy atom. The van der Waals surface area contributed by atoms with Crippen LogP contribution in [-0.4, -0.2) is 33.8 Å². The summed E-state index contributed by atoms with van der Waals surface area (Å²) in [5, 5.41) is 5.86. The van der Waals surface area contributed by atoms with Crippen molar-refractivity contribution in [3.8, 4) is 11.5 Å². The number of thiophene rings is 1. The van der Waals surface area contributed by atoms with Gasteiger partial charge in [-0.25, -0.2) is 14.5 Å². The molecule has 0 aliphatic heterocycles. The molecule has 0 saturated carbocycles. The Morgan fingerprint density at radius 2 is 1.96 bits per heavy atom. The van der Waals surface area contributed by atoms with E-state index in [-0.39, 0.29) is 0 Å². The van der Waals surface area contributed by atoms with Gasteiger partial charge in [0.05, 0.1) is 19.6 Å². The van der Waals surface area contributed by atoms with Crippen LogP contribution in [0.5, 0.6) is 11.5 Å². The number of hydrogen-bond acceptors (Lipinski definition) is 6. The van der Waals surface area contributed by atoms with E-state index in [1.165, 1.54) is 28.7 Å². The minimum Gasteiger partial charge on any atom is -0.493 e. The van der Waals surface area contributed by atoms with Gasteiger partial charge in [-0.15, -0.1) is 16.4 Å². The molecule has 0 fully saturated rings. The number of benzene rings is 1. The first-order valence-corrected chi connectivity index (χ1v) is 9.94. The van der Waals surface area contributed by atoms with Gasteiger partial charge in [0.15, 0.2) is 23.0 Å². The van der Waals surface area contributed by atoms with E-state index < -0.39 is 0 Å². The molecular formula is C20H20N4O2S. The molecule has 3 heterocycles. The van der Waals surface area contributed by atoms with Crippen LogP contribution < -0.4 is 9.47 Å². The Balaban J connectivity index is 1.57. The predicted octanol–water partition coefficient (Wildman–Crippen LogP) is 3.83. The largest absolute Gasteiger partial charge is 0.493 e. The fourth-order valence-corrected chi connectivity index (χ4v) is 5.07. The minimum absolute atomic E-state index is 0.635. The lowest BCUT2D eigenvalue weighted by molar-refractivity contribution is 0.354. The van der Waals surface area contributed by atoms with Crippen LogP contribution in [0.3, 0.4) is 0 Å². The van der Waals surface area contributed by atoms with Crippen molar-refractivity contribution in [1.29, 1.82) is 0 Å².